The van der Waals surface area contributed by atoms with Gasteiger partial charge in [0.05, 0.1) is 24.4 Å². The molecule has 2 aromatic carbocycles. The molecule has 5 nitrogen and oxygen atoms in total. The van der Waals surface area contributed by atoms with Gasteiger partial charge < -0.3 is 4.74 Å². The van der Waals surface area contributed by atoms with Gasteiger partial charge in [-0.05, 0) is 30.7 Å². The molecule has 0 fully saturated rings. The molecule has 1 atom stereocenters. The molecular formula is C22H20ClN3O2. The third kappa shape index (κ3) is 3.34. The summed E-state index contributed by atoms with van der Waals surface area (Å²) in [5, 5.41) is 7.41. The van der Waals surface area contributed by atoms with Crippen LogP contribution in [0.2, 0.25) is 5.15 Å². The first-order valence-electron chi connectivity index (χ1n) is 9.05. The van der Waals surface area contributed by atoms with Gasteiger partial charge in [-0.2, -0.15) is 5.10 Å². The van der Waals surface area contributed by atoms with E-state index in [0.29, 0.717) is 11.6 Å². The summed E-state index contributed by atoms with van der Waals surface area (Å²) in [4.78, 5) is 16.8. The standard InChI is InChI=1S/C22H20ClN3O2/c1-13-4-6-15(7-5-13)20-12-21(26(25-20)14(2)27)18-10-16-8-9-17(28-3)11-19(16)24-22(18)23/h4-11,21H,12H2,1-3H3/t21-/m0/s1. The number of hydrogen-bond donors (Lipinski definition) is 0. The van der Waals surface area contributed by atoms with Crippen molar-refractivity contribution in [1.29, 1.82) is 0 Å². The number of pyridine rings is 1. The lowest BCUT2D eigenvalue weighted by Crippen LogP contribution is -2.24. The molecule has 1 aliphatic heterocycles. The summed E-state index contributed by atoms with van der Waals surface area (Å²) in [5.41, 5.74) is 4.60. The number of methoxy groups -OCH3 is 1. The van der Waals surface area contributed by atoms with Crippen LogP contribution in [0.15, 0.2) is 53.6 Å². The van der Waals surface area contributed by atoms with Crippen LogP contribution < -0.4 is 4.74 Å². The first kappa shape index (κ1) is 18.4. The van der Waals surface area contributed by atoms with Gasteiger partial charge in [-0.1, -0.05) is 41.4 Å². The number of ether oxygens (including phenoxy) is 1. The molecule has 1 aliphatic rings. The van der Waals surface area contributed by atoms with Crippen molar-refractivity contribution in [2.45, 2.75) is 26.3 Å². The van der Waals surface area contributed by atoms with Gasteiger partial charge in [-0.3, -0.25) is 4.79 Å². The van der Waals surface area contributed by atoms with Crippen LogP contribution in [0, 0.1) is 6.92 Å². The van der Waals surface area contributed by atoms with Gasteiger partial charge in [0.25, 0.3) is 0 Å². The summed E-state index contributed by atoms with van der Waals surface area (Å²) in [5.74, 6) is 0.595. The van der Waals surface area contributed by atoms with Crippen LogP contribution in [-0.4, -0.2) is 28.7 Å². The number of carbonyl (C=O) groups excluding carboxylic acids is 1. The van der Waals surface area contributed by atoms with Crippen LogP contribution in [0.4, 0.5) is 0 Å². The molecule has 0 radical (unpaired) electrons. The largest absolute Gasteiger partial charge is 0.497 e. The Morgan fingerprint density at radius 1 is 1.18 bits per heavy atom. The zero-order valence-electron chi connectivity index (χ0n) is 15.9. The summed E-state index contributed by atoms with van der Waals surface area (Å²) in [6, 6.07) is 15.5. The number of fused-ring (bicyclic) bond motifs is 1. The maximum atomic E-state index is 12.3. The Bertz CT molecular complexity index is 1090. The van der Waals surface area contributed by atoms with Crippen molar-refractivity contribution in [2.75, 3.05) is 7.11 Å². The Labute approximate surface area is 168 Å². The van der Waals surface area contributed by atoms with E-state index < -0.39 is 0 Å². The summed E-state index contributed by atoms with van der Waals surface area (Å²) in [6.07, 6.45) is 0.589. The van der Waals surface area contributed by atoms with Gasteiger partial charge in [-0.15, -0.1) is 0 Å². The highest BCUT2D eigenvalue weighted by Crippen LogP contribution is 2.37. The van der Waals surface area contributed by atoms with Crippen LogP contribution in [0.1, 0.15) is 36.1 Å². The molecule has 1 amide bonds. The Hall–Kier alpha value is -2.92. The molecule has 6 heteroatoms. The summed E-state index contributed by atoms with van der Waals surface area (Å²) >= 11 is 6.52. The average molecular weight is 394 g/mol. The summed E-state index contributed by atoms with van der Waals surface area (Å²) < 4.78 is 5.26. The highest BCUT2D eigenvalue weighted by molar-refractivity contribution is 6.30. The molecule has 0 saturated heterocycles. The van der Waals surface area contributed by atoms with Crippen molar-refractivity contribution < 1.29 is 9.53 Å². The van der Waals surface area contributed by atoms with Gasteiger partial charge in [0.2, 0.25) is 5.91 Å². The number of benzene rings is 2. The molecule has 28 heavy (non-hydrogen) atoms. The second kappa shape index (κ2) is 7.24. The Kier molecular flexibility index (Phi) is 4.77. The number of hydrogen-bond acceptors (Lipinski definition) is 4. The number of aryl methyl sites for hydroxylation is 1. The maximum Gasteiger partial charge on any atom is 0.240 e. The molecule has 3 aromatic rings. The predicted octanol–water partition coefficient (Wildman–Crippen LogP) is 4.90. The molecule has 0 bridgehead atoms. The lowest BCUT2D eigenvalue weighted by molar-refractivity contribution is -0.130. The lowest BCUT2D eigenvalue weighted by atomic mass is 9.98. The Morgan fingerprint density at radius 3 is 2.61 bits per heavy atom. The number of amides is 1. The van der Waals surface area contributed by atoms with E-state index >= 15 is 0 Å². The molecule has 4 rings (SSSR count). The second-order valence-electron chi connectivity index (χ2n) is 6.92. The van der Waals surface area contributed by atoms with Gasteiger partial charge in [0.1, 0.15) is 10.9 Å². The molecule has 0 unspecified atom stereocenters. The van der Waals surface area contributed by atoms with Gasteiger partial charge >= 0.3 is 0 Å². The van der Waals surface area contributed by atoms with E-state index in [0.717, 1.165) is 33.5 Å². The minimum Gasteiger partial charge on any atom is -0.497 e. The number of rotatable bonds is 3. The average Bonchev–Trinajstić information content (AvgIpc) is 3.13. The van der Waals surface area contributed by atoms with Crippen molar-refractivity contribution in [2.24, 2.45) is 5.10 Å². The van der Waals surface area contributed by atoms with E-state index in [1.165, 1.54) is 17.5 Å². The smallest absolute Gasteiger partial charge is 0.240 e. The van der Waals surface area contributed by atoms with Crippen molar-refractivity contribution in [3.8, 4) is 5.75 Å². The zero-order chi connectivity index (χ0) is 19.8. The van der Waals surface area contributed by atoms with E-state index in [1.54, 1.807) is 7.11 Å². The first-order valence-corrected chi connectivity index (χ1v) is 9.42. The topological polar surface area (TPSA) is 54.8 Å². The van der Waals surface area contributed by atoms with Crippen molar-refractivity contribution in [1.82, 2.24) is 9.99 Å². The fourth-order valence-corrected chi connectivity index (χ4v) is 3.74. The SMILES string of the molecule is COc1ccc2cc([C@@H]3CC(c4ccc(C)cc4)=NN3C(C)=O)c(Cl)nc2c1. The van der Waals surface area contributed by atoms with E-state index in [1.807, 2.05) is 55.5 Å². The number of carbonyl (C=O) groups is 1. The van der Waals surface area contributed by atoms with E-state index in [2.05, 4.69) is 10.1 Å². The summed E-state index contributed by atoms with van der Waals surface area (Å²) in [7, 11) is 1.62. The van der Waals surface area contributed by atoms with Gasteiger partial charge in [0, 0.05) is 30.4 Å². The van der Waals surface area contributed by atoms with Crippen LogP contribution in [0.5, 0.6) is 5.75 Å². The zero-order valence-corrected chi connectivity index (χ0v) is 16.7. The minimum atomic E-state index is -0.277. The van der Waals surface area contributed by atoms with Crippen LogP contribution in [0.25, 0.3) is 10.9 Å². The maximum absolute atomic E-state index is 12.3. The van der Waals surface area contributed by atoms with Crippen LogP contribution >= 0.6 is 11.6 Å². The Balaban J connectivity index is 1.74. The third-order valence-electron chi connectivity index (χ3n) is 4.98. The lowest BCUT2D eigenvalue weighted by Gasteiger charge is -2.21. The molecule has 2 heterocycles. The summed E-state index contributed by atoms with van der Waals surface area (Å²) in [6.45, 7) is 3.56. The van der Waals surface area contributed by atoms with Crippen LogP contribution in [0.3, 0.4) is 0 Å². The monoisotopic (exact) mass is 393 g/mol. The van der Waals surface area contributed by atoms with E-state index in [-0.39, 0.29) is 11.9 Å². The number of nitrogens with zero attached hydrogens (tertiary/aromatic N) is 3. The fourth-order valence-electron chi connectivity index (χ4n) is 3.46. The normalized spacial score (nSPS) is 16.4. The quantitative estimate of drug-likeness (QED) is 0.594. The van der Waals surface area contributed by atoms with E-state index in [9.17, 15) is 4.79 Å². The molecule has 142 valence electrons. The van der Waals surface area contributed by atoms with Gasteiger partial charge in [0.15, 0.2) is 0 Å². The highest BCUT2D eigenvalue weighted by Gasteiger charge is 2.33. The first-order chi connectivity index (χ1) is 13.5. The number of halogens is 1. The number of aromatic nitrogens is 1. The van der Waals surface area contributed by atoms with Crippen molar-refractivity contribution in [3.63, 3.8) is 0 Å². The molecule has 0 aliphatic carbocycles. The molecule has 0 N–H and O–H groups in total. The fraction of sp³-hybridized carbons (Fsp3) is 0.227. The number of hydrazone groups is 1. The predicted molar refractivity (Wildman–Crippen MR) is 111 cm³/mol. The second-order valence-corrected chi connectivity index (χ2v) is 7.28. The molecule has 1 aromatic heterocycles. The van der Waals surface area contributed by atoms with Crippen molar-refractivity contribution in [3.05, 3.63) is 70.4 Å². The highest BCUT2D eigenvalue weighted by atomic mass is 35.5. The van der Waals surface area contributed by atoms with Crippen molar-refractivity contribution >= 4 is 34.1 Å². The Morgan fingerprint density at radius 2 is 1.93 bits per heavy atom. The molecule has 0 saturated carbocycles. The van der Waals surface area contributed by atoms with E-state index in [4.69, 9.17) is 16.3 Å². The van der Waals surface area contributed by atoms with Gasteiger partial charge in [-0.25, -0.2) is 9.99 Å². The minimum absolute atomic E-state index is 0.127. The third-order valence-corrected chi connectivity index (χ3v) is 5.28. The molecular weight excluding hydrogens is 374 g/mol. The molecule has 0 spiro atoms. The van der Waals surface area contributed by atoms with Crippen LogP contribution in [-0.2, 0) is 4.79 Å².